The number of carbonyl (C=O) groups is 4. The van der Waals surface area contributed by atoms with Crippen molar-refractivity contribution in [3.05, 3.63) is 35.9 Å². The monoisotopic (exact) mass is 361 g/mol. The number of ether oxygens (including phenoxy) is 1. The molecule has 1 aromatic rings. The molecule has 1 saturated heterocycles. The molecular formula is C18H23N3O5. The van der Waals surface area contributed by atoms with Crippen molar-refractivity contribution >= 4 is 23.8 Å². The van der Waals surface area contributed by atoms with Crippen molar-refractivity contribution in [1.82, 2.24) is 15.1 Å². The lowest BCUT2D eigenvalue weighted by Gasteiger charge is -2.18. The van der Waals surface area contributed by atoms with Gasteiger partial charge in [-0.15, -0.1) is 0 Å². The van der Waals surface area contributed by atoms with E-state index in [2.05, 4.69) is 5.32 Å². The van der Waals surface area contributed by atoms with E-state index in [4.69, 9.17) is 4.74 Å². The van der Waals surface area contributed by atoms with Gasteiger partial charge in [-0.3, -0.25) is 19.3 Å². The van der Waals surface area contributed by atoms with Crippen molar-refractivity contribution in [3.8, 4) is 0 Å². The van der Waals surface area contributed by atoms with Crippen LogP contribution in [0.4, 0.5) is 4.79 Å². The molecule has 8 heteroatoms. The molecule has 26 heavy (non-hydrogen) atoms. The summed E-state index contributed by atoms with van der Waals surface area (Å²) in [5.74, 6) is -1.37. The van der Waals surface area contributed by atoms with Gasteiger partial charge in [-0.1, -0.05) is 30.3 Å². The van der Waals surface area contributed by atoms with E-state index in [1.165, 1.54) is 4.90 Å². The lowest BCUT2D eigenvalue weighted by atomic mass is 10.1. The fourth-order valence-corrected chi connectivity index (χ4v) is 2.49. The zero-order chi connectivity index (χ0) is 19.3. The van der Waals surface area contributed by atoms with Crippen molar-refractivity contribution in [3.63, 3.8) is 0 Å². The number of hydrogen-bond acceptors (Lipinski definition) is 5. The van der Waals surface area contributed by atoms with E-state index >= 15 is 0 Å². The first-order valence-electron chi connectivity index (χ1n) is 8.28. The number of carbonyl (C=O) groups excluding carboxylic acids is 4. The second kappa shape index (κ2) is 7.99. The van der Waals surface area contributed by atoms with Crippen LogP contribution in [-0.2, 0) is 25.7 Å². The van der Waals surface area contributed by atoms with Gasteiger partial charge in [0, 0.05) is 20.1 Å². The third-order valence-corrected chi connectivity index (χ3v) is 4.03. The van der Waals surface area contributed by atoms with E-state index < -0.39 is 23.4 Å². The molecule has 0 unspecified atom stereocenters. The van der Waals surface area contributed by atoms with Crippen LogP contribution in [0.3, 0.4) is 0 Å². The number of nitrogens with zero attached hydrogens (tertiary/aromatic N) is 2. The number of amides is 4. The van der Waals surface area contributed by atoms with E-state index in [0.29, 0.717) is 6.54 Å². The molecule has 1 aliphatic heterocycles. The number of hydrogen-bond donors (Lipinski definition) is 1. The van der Waals surface area contributed by atoms with Crippen LogP contribution >= 0.6 is 0 Å². The first-order valence-corrected chi connectivity index (χ1v) is 8.28. The maximum Gasteiger partial charge on any atom is 0.325 e. The molecule has 1 N–H and O–H groups in total. The third-order valence-electron chi connectivity index (χ3n) is 4.03. The van der Waals surface area contributed by atoms with Crippen LogP contribution in [0.2, 0.25) is 0 Å². The lowest BCUT2D eigenvalue weighted by molar-refractivity contribution is -0.152. The van der Waals surface area contributed by atoms with Gasteiger partial charge >= 0.3 is 12.0 Å². The van der Waals surface area contributed by atoms with Crippen molar-refractivity contribution in [1.29, 1.82) is 0 Å². The number of rotatable bonds is 7. The molecule has 0 bridgehead atoms. The summed E-state index contributed by atoms with van der Waals surface area (Å²) in [5.41, 5.74) is -0.00672. The quantitative estimate of drug-likeness (QED) is 0.575. The van der Waals surface area contributed by atoms with Gasteiger partial charge in [0.05, 0.1) is 6.42 Å². The summed E-state index contributed by atoms with van der Waals surface area (Å²) in [6.45, 7) is 3.13. The van der Waals surface area contributed by atoms with Gasteiger partial charge in [0.15, 0.2) is 6.61 Å². The fourth-order valence-electron chi connectivity index (χ4n) is 2.49. The highest BCUT2D eigenvalue weighted by molar-refractivity contribution is 6.06. The number of benzene rings is 1. The average molecular weight is 361 g/mol. The number of imide groups is 1. The molecule has 1 fully saturated rings. The molecule has 0 atom stereocenters. The summed E-state index contributed by atoms with van der Waals surface area (Å²) in [6.07, 6.45) is -0.162. The zero-order valence-electron chi connectivity index (χ0n) is 15.2. The Kier molecular flexibility index (Phi) is 5.97. The number of likely N-dealkylation sites (N-methyl/N-ethyl adjacent to an activating group) is 1. The van der Waals surface area contributed by atoms with E-state index in [0.717, 1.165) is 10.5 Å². The molecular weight excluding hydrogens is 338 g/mol. The minimum absolute atomic E-state index is 0.0824. The highest BCUT2D eigenvalue weighted by atomic mass is 16.5. The minimum atomic E-state index is -0.975. The molecule has 2 rings (SSSR count). The number of nitrogens with one attached hydrogen (secondary N) is 1. The summed E-state index contributed by atoms with van der Waals surface area (Å²) < 4.78 is 4.95. The maximum atomic E-state index is 12.0. The second-order valence-corrected chi connectivity index (χ2v) is 6.66. The summed E-state index contributed by atoms with van der Waals surface area (Å²) in [5, 5.41) is 2.53. The Bertz CT molecular complexity index is 702. The first kappa shape index (κ1) is 19.4. The number of esters is 1. The van der Waals surface area contributed by atoms with Crippen molar-refractivity contribution in [2.24, 2.45) is 0 Å². The molecule has 1 heterocycles. The SMILES string of the molecule is CN(Cc1ccccc1)C(=O)COC(=O)CCN1C(=O)NC(C)(C)C1=O. The largest absolute Gasteiger partial charge is 0.456 e. The zero-order valence-corrected chi connectivity index (χ0v) is 15.2. The molecule has 0 spiro atoms. The van der Waals surface area contributed by atoms with E-state index in [1.54, 1.807) is 20.9 Å². The van der Waals surface area contributed by atoms with Gasteiger partial charge in [0.1, 0.15) is 5.54 Å². The third kappa shape index (κ3) is 4.81. The summed E-state index contributed by atoms with van der Waals surface area (Å²) in [7, 11) is 1.62. The van der Waals surface area contributed by atoms with Crippen LogP contribution < -0.4 is 5.32 Å². The number of urea groups is 1. The second-order valence-electron chi connectivity index (χ2n) is 6.66. The topological polar surface area (TPSA) is 96.0 Å². The molecule has 1 aromatic carbocycles. The highest BCUT2D eigenvalue weighted by Crippen LogP contribution is 2.16. The Morgan fingerprint density at radius 2 is 1.85 bits per heavy atom. The molecule has 0 aromatic heterocycles. The minimum Gasteiger partial charge on any atom is -0.456 e. The smallest absolute Gasteiger partial charge is 0.325 e. The maximum absolute atomic E-state index is 12.0. The van der Waals surface area contributed by atoms with Crippen molar-refractivity contribution in [2.75, 3.05) is 20.2 Å². The normalized spacial score (nSPS) is 15.6. The molecule has 0 radical (unpaired) electrons. The Hall–Kier alpha value is -2.90. The van der Waals surface area contributed by atoms with Crippen LogP contribution in [0.1, 0.15) is 25.8 Å². The molecule has 0 aliphatic carbocycles. The van der Waals surface area contributed by atoms with E-state index in [1.807, 2.05) is 30.3 Å². The molecule has 0 saturated carbocycles. The average Bonchev–Trinajstić information content (AvgIpc) is 2.79. The molecule has 1 aliphatic rings. The summed E-state index contributed by atoms with van der Waals surface area (Å²) in [6, 6.07) is 8.91. The van der Waals surface area contributed by atoms with Crippen LogP contribution in [-0.4, -0.2) is 59.4 Å². The van der Waals surface area contributed by atoms with Crippen LogP contribution in [0, 0.1) is 0 Å². The van der Waals surface area contributed by atoms with Gasteiger partial charge in [0.2, 0.25) is 0 Å². The Labute approximate surface area is 152 Å². The molecule has 8 nitrogen and oxygen atoms in total. The highest BCUT2D eigenvalue weighted by Gasteiger charge is 2.44. The summed E-state index contributed by atoms with van der Waals surface area (Å²) >= 11 is 0. The summed E-state index contributed by atoms with van der Waals surface area (Å²) in [4.78, 5) is 50.0. The Morgan fingerprint density at radius 1 is 1.19 bits per heavy atom. The van der Waals surface area contributed by atoms with Crippen molar-refractivity contribution < 1.29 is 23.9 Å². The van der Waals surface area contributed by atoms with Crippen LogP contribution in [0.15, 0.2) is 30.3 Å². The van der Waals surface area contributed by atoms with Gasteiger partial charge in [-0.25, -0.2) is 4.79 Å². The first-order chi connectivity index (χ1) is 12.2. The molecule has 4 amide bonds. The predicted molar refractivity (Wildman–Crippen MR) is 92.8 cm³/mol. The van der Waals surface area contributed by atoms with E-state index in [-0.39, 0.29) is 25.5 Å². The Balaban J connectivity index is 1.74. The van der Waals surface area contributed by atoms with Gasteiger partial charge < -0.3 is 15.0 Å². The predicted octanol–water partition coefficient (Wildman–Crippen LogP) is 0.909. The standard InChI is InChI=1S/C18H23N3O5/c1-18(2)16(24)21(17(25)19-18)10-9-15(23)26-12-14(22)20(3)11-13-7-5-4-6-8-13/h4-8H,9-12H2,1-3H3,(H,19,25). The van der Waals surface area contributed by atoms with Crippen molar-refractivity contribution in [2.45, 2.75) is 32.4 Å². The lowest BCUT2D eigenvalue weighted by Crippen LogP contribution is -2.40. The van der Waals surface area contributed by atoms with Gasteiger partial charge in [0.25, 0.3) is 11.8 Å². The van der Waals surface area contributed by atoms with E-state index in [9.17, 15) is 19.2 Å². The Morgan fingerprint density at radius 3 is 2.42 bits per heavy atom. The fraction of sp³-hybridized carbons (Fsp3) is 0.444. The van der Waals surface area contributed by atoms with Gasteiger partial charge in [-0.2, -0.15) is 0 Å². The van der Waals surface area contributed by atoms with Gasteiger partial charge in [-0.05, 0) is 19.4 Å². The van der Waals surface area contributed by atoms with Crippen LogP contribution in [0.5, 0.6) is 0 Å². The van der Waals surface area contributed by atoms with Crippen LogP contribution in [0.25, 0.3) is 0 Å². The molecule has 140 valence electrons.